The highest BCUT2D eigenvalue weighted by molar-refractivity contribution is 9.10. The third kappa shape index (κ3) is 5.43. The molecule has 112 valence electrons. The Hall–Kier alpha value is -0.580. The van der Waals surface area contributed by atoms with Gasteiger partial charge in [0, 0.05) is 0 Å². The molecule has 0 radical (unpaired) electrons. The van der Waals surface area contributed by atoms with E-state index in [1.807, 2.05) is 24.3 Å². The number of quaternary nitrogens is 1. The second-order valence-electron chi connectivity index (χ2n) is 5.57. The molecule has 0 bridgehead atoms. The van der Waals surface area contributed by atoms with E-state index >= 15 is 0 Å². The summed E-state index contributed by atoms with van der Waals surface area (Å²) in [5.74, 6) is 1.80. The number of hydrogen-bond acceptors (Lipinski definition) is 2. The van der Waals surface area contributed by atoms with Gasteiger partial charge in [-0.15, -0.1) is 0 Å². The Morgan fingerprint density at radius 3 is 2.65 bits per heavy atom. The molecule has 0 aromatic heterocycles. The molecule has 0 unspecified atom stereocenters. The molecular weight excluding hydrogens is 318 g/mol. The van der Waals surface area contributed by atoms with Gasteiger partial charge in [0.2, 0.25) is 0 Å². The fourth-order valence-corrected chi connectivity index (χ4v) is 2.91. The molecule has 1 aliphatic rings. The molecule has 3 nitrogen and oxygen atoms in total. The van der Waals surface area contributed by atoms with Gasteiger partial charge in [-0.25, -0.2) is 0 Å². The molecule has 1 heterocycles. The van der Waals surface area contributed by atoms with Crippen LogP contribution in [0.15, 0.2) is 28.7 Å². The highest BCUT2D eigenvalue weighted by Gasteiger charge is 2.17. The zero-order valence-corrected chi connectivity index (χ0v) is 13.8. The third-order valence-electron chi connectivity index (χ3n) is 3.90. The highest BCUT2D eigenvalue weighted by atomic mass is 79.9. The second kappa shape index (κ2) is 8.65. The quantitative estimate of drug-likeness (QED) is 0.767. The first-order valence-corrected chi connectivity index (χ1v) is 8.33. The van der Waals surface area contributed by atoms with Crippen molar-refractivity contribution in [3.63, 3.8) is 0 Å². The molecule has 0 aliphatic carbocycles. The lowest BCUT2D eigenvalue weighted by Gasteiger charge is -2.27. The van der Waals surface area contributed by atoms with Gasteiger partial charge in [-0.3, -0.25) is 0 Å². The van der Waals surface area contributed by atoms with E-state index in [-0.39, 0.29) is 0 Å². The lowest BCUT2D eigenvalue weighted by Crippen LogP contribution is -3.13. The van der Waals surface area contributed by atoms with Crippen molar-refractivity contribution >= 4 is 15.9 Å². The summed E-state index contributed by atoms with van der Waals surface area (Å²) < 4.78 is 12.3. The minimum atomic E-state index is 0.606. The molecule has 1 saturated heterocycles. The van der Waals surface area contributed by atoms with Crippen LogP contribution in [0.4, 0.5) is 0 Å². The average molecular weight is 343 g/mol. The number of likely N-dealkylation sites (tertiary alicyclic amines) is 1. The number of ether oxygens (including phenoxy) is 2. The van der Waals surface area contributed by atoms with Crippen molar-refractivity contribution < 1.29 is 14.4 Å². The van der Waals surface area contributed by atoms with E-state index in [2.05, 4.69) is 22.9 Å². The van der Waals surface area contributed by atoms with E-state index in [4.69, 9.17) is 9.47 Å². The van der Waals surface area contributed by atoms with Crippen LogP contribution in [0.25, 0.3) is 0 Å². The van der Waals surface area contributed by atoms with Crippen LogP contribution in [0.3, 0.4) is 0 Å². The molecule has 1 fully saturated rings. The van der Waals surface area contributed by atoms with E-state index in [1.165, 1.54) is 25.9 Å². The van der Waals surface area contributed by atoms with Gasteiger partial charge in [-0.2, -0.15) is 0 Å². The van der Waals surface area contributed by atoms with Crippen LogP contribution in [0.1, 0.15) is 19.8 Å². The molecule has 20 heavy (non-hydrogen) atoms. The molecule has 4 heteroatoms. The van der Waals surface area contributed by atoms with Gasteiger partial charge in [0.05, 0.1) is 30.8 Å². The first-order chi connectivity index (χ1) is 9.75. The Bertz CT molecular complexity index is 392. The van der Waals surface area contributed by atoms with Crippen molar-refractivity contribution in [1.29, 1.82) is 0 Å². The fraction of sp³-hybridized carbons (Fsp3) is 0.625. The normalized spacial score (nSPS) is 22.7. The minimum absolute atomic E-state index is 0.606. The van der Waals surface area contributed by atoms with Crippen LogP contribution in [-0.4, -0.2) is 39.5 Å². The van der Waals surface area contributed by atoms with Crippen molar-refractivity contribution in [2.24, 2.45) is 5.92 Å². The average Bonchev–Trinajstić information content (AvgIpc) is 2.46. The van der Waals surface area contributed by atoms with Gasteiger partial charge in [0.15, 0.2) is 0 Å². The topological polar surface area (TPSA) is 22.9 Å². The van der Waals surface area contributed by atoms with Gasteiger partial charge in [0.25, 0.3) is 0 Å². The molecule has 2 rings (SSSR count). The summed E-state index contributed by atoms with van der Waals surface area (Å²) in [5, 5.41) is 0. The van der Waals surface area contributed by atoms with Crippen LogP contribution in [0.5, 0.6) is 5.75 Å². The third-order valence-corrected chi connectivity index (χ3v) is 4.56. The van der Waals surface area contributed by atoms with Crippen molar-refractivity contribution in [2.45, 2.75) is 19.8 Å². The summed E-state index contributed by atoms with van der Waals surface area (Å²) in [6, 6.07) is 7.90. The predicted octanol–water partition coefficient (Wildman–Crippen LogP) is 2.16. The lowest BCUT2D eigenvalue weighted by molar-refractivity contribution is -0.906. The zero-order chi connectivity index (χ0) is 14.2. The largest absolute Gasteiger partial charge is 0.490 e. The summed E-state index contributed by atoms with van der Waals surface area (Å²) in [6.07, 6.45) is 2.72. The van der Waals surface area contributed by atoms with E-state index in [0.717, 1.165) is 29.3 Å². The highest BCUT2D eigenvalue weighted by Crippen LogP contribution is 2.23. The van der Waals surface area contributed by atoms with Crippen LogP contribution < -0.4 is 9.64 Å². The number of benzene rings is 1. The number of rotatable bonds is 7. The smallest absolute Gasteiger partial charge is 0.133 e. The molecule has 1 aromatic rings. The van der Waals surface area contributed by atoms with E-state index in [9.17, 15) is 0 Å². The number of hydrogen-bond donors (Lipinski definition) is 1. The van der Waals surface area contributed by atoms with Crippen molar-refractivity contribution in [3.05, 3.63) is 28.7 Å². The Morgan fingerprint density at radius 1 is 1.15 bits per heavy atom. The monoisotopic (exact) mass is 342 g/mol. The van der Waals surface area contributed by atoms with Gasteiger partial charge < -0.3 is 14.4 Å². The molecular formula is C16H25BrNO2+. The van der Waals surface area contributed by atoms with Crippen LogP contribution in [-0.2, 0) is 4.74 Å². The van der Waals surface area contributed by atoms with Gasteiger partial charge in [-0.05, 0) is 46.8 Å². The second-order valence-corrected chi connectivity index (χ2v) is 6.43. The molecule has 0 atom stereocenters. The Morgan fingerprint density at radius 2 is 1.90 bits per heavy atom. The minimum Gasteiger partial charge on any atom is -0.490 e. The standard InChI is InChI=1S/C16H24BrNO2/c1-14-6-8-18(9-7-14)10-11-19-12-13-20-16-5-3-2-4-15(16)17/h2-5,14H,6-13H2,1H3/p+1. The molecule has 0 spiro atoms. The summed E-state index contributed by atoms with van der Waals surface area (Å²) >= 11 is 3.47. The SMILES string of the molecule is CC1CC[NH+](CCOCCOc2ccccc2Br)CC1. The number of halogens is 1. The summed E-state index contributed by atoms with van der Waals surface area (Å²) in [5.41, 5.74) is 0. The zero-order valence-electron chi connectivity index (χ0n) is 12.2. The molecule has 0 amide bonds. The van der Waals surface area contributed by atoms with Crippen LogP contribution in [0, 0.1) is 5.92 Å². The molecule has 1 aromatic carbocycles. The van der Waals surface area contributed by atoms with E-state index < -0.39 is 0 Å². The van der Waals surface area contributed by atoms with Gasteiger partial charge in [0.1, 0.15) is 18.9 Å². The summed E-state index contributed by atoms with van der Waals surface area (Å²) in [6.45, 7) is 8.19. The van der Waals surface area contributed by atoms with Crippen LogP contribution >= 0.6 is 15.9 Å². The van der Waals surface area contributed by atoms with Crippen molar-refractivity contribution in [1.82, 2.24) is 0 Å². The molecule has 1 N–H and O–H groups in total. The van der Waals surface area contributed by atoms with Gasteiger partial charge >= 0.3 is 0 Å². The first-order valence-electron chi connectivity index (χ1n) is 7.54. The lowest BCUT2D eigenvalue weighted by atomic mass is 9.99. The first kappa shape index (κ1) is 15.8. The maximum atomic E-state index is 5.66. The maximum Gasteiger partial charge on any atom is 0.133 e. The van der Waals surface area contributed by atoms with E-state index in [0.29, 0.717) is 13.2 Å². The predicted molar refractivity (Wildman–Crippen MR) is 84.4 cm³/mol. The summed E-state index contributed by atoms with van der Waals surface area (Å²) in [7, 11) is 0. The Labute approximate surface area is 130 Å². The number of nitrogens with one attached hydrogen (secondary N) is 1. The van der Waals surface area contributed by atoms with Crippen molar-refractivity contribution in [3.8, 4) is 5.75 Å². The molecule has 1 aliphatic heterocycles. The fourth-order valence-electron chi connectivity index (χ4n) is 2.51. The Balaban J connectivity index is 1.51. The summed E-state index contributed by atoms with van der Waals surface area (Å²) in [4.78, 5) is 1.69. The van der Waals surface area contributed by atoms with Crippen LogP contribution in [0.2, 0.25) is 0 Å². The van der Waals surface area contributed by atoms with Crippen molar-refractivity contribution in [2.75, 3.05) is 39.5 Å². The van der Waals surface area contributed by atoms with E-state index in [1.54, 1.807) is 4.90 Å². The maximum absolute atomic E-state index is 5.66. The molecule has 0 saturated carbocycles. The Kier molecular flexibility index (Phi) is 6.83. The van der Waals surface area contributed by atoms with Gasteiger partial charge in [-0.1, -0.05) is 19.1 Å². The number of piperidine rings is 1. The number of para-hydroxylation sites is 1.